The van der Waals surface area contributed by atoms with Crippen molar-refractivity contribution < 1.29 is 19.8 Å². The van der Waals surface area contributed by atoms with E-state index in [9.17, 15) is 19.8 Å². The molecule has 0 spiro atoms. The fourth-order valence-electron chi connectivity index (χ4n) is 4.35. The summed E-state index contributed by atoms with van der Waals surface area (Å²) in [5.74, 6) is -1.29. The Labute approximate surface area is 126 Å². The van der Waals surface area contributed by atoms with Crippen LogP contribution in [0.25, 0.3) is 0 Å². The second kappa shape index (κ2) is 6.80. The second-order valence-electron chi connectivity index (χ2n) is 7.15. The zero-order valence-corrected chi connectivity index (χ0v) is 12.9. The van der Waals surface area contributed by atoms with Crippen LogP contribution in [0, 0.1) is 10.8 Å². The zero-order valence-electron chi connectivity index (χ0n) is 12.9. The monoisotopic (exact) mass is 296 g/mol. The van der Waals surface area contributed by atoms with Crippen molar-refractivity contribution in [2.45, 2.75) is 83.5 Å². The maximum Gasteiger partial charge on any atom is 0.309 e. The summed E-state index contributed by atoms with van der Waals surface area (Å²) < 4.78 is 0. The normalized spacial score (nSPS) is 23.8. The van der Waals surface area contributed by atoms with Crippen molar-refractivity contribution in [2.75, 3.05) is 0 Å². The first-order valence-electron chi connectivity index (χ1n) is 8.48. The Balaban J connectivity index is 1.82. The quantitative estimate of drug-likeness (QED) is 0.689. The molecule has 0 saturated heterocycles. The molecule has 4 heteroatoms. The second-order valence-corrected chi connectivity index (χ2v) is 7.15. The molecule has 2 aliphatic rings. The molecule has 0 aliphatic heterocycles. The van der Waals surface area contributed by atoms with E-state index < -0.39 is 22.8 Å². The van der Waals surface area contributed by atoms with Crippen LogP contribution in [0.2, 0.25) is 0 Å². The van der Waals surface area contributed by atoms with Crippen molar-refractivity contribution in [3.05, 3.63) is 0 Å². The molecule has 0 amide bonds. The minimum Gasteiger partial charge on any atom is -0.481 e. The SMILES string of the molecule is O=C(O)C1(CCCCC2(C(=O)O)CCCC2)CCCCC1. The van der Waals surface area contributed by atoms with Gasteiger partial charge in [0.2, 0.25) is 0 Å². The van der Waals surface area contributed by atoms with Crippen LogP contribution in [0.1, 0.15) is 83.5 Å². The summed E-state index contributed by atoms with van der Waals surface area (Å²) in [6, 6.07) is 0. The van der Waals surface area contributed by atoms with E-state index in [4.69, 9.17) is 0 Å². The molecule has 2 saturated carbocycles. The number of carboxylic acids is 2. The van der Waals surface area contributed by atoms with Gasteiger partial charge >= 0.3 is 11.9 Å². The minimum atomic E-state index is -0.648. The van der Waals surface area contributed by atoms with E-state index in [1.54, 1.807) is 0 Å². The third-order valence-corrected chi connectivity index (χ3v) is 5.84. The molecule has 0 bridgehead atoms. The predicted octanol–water partition coefficient (Wildman–Crippen LogP) is 4.23. The van der Waals surface area contributed by atoms with E-state index in [2.05, 4.69) is 0 Å². The fraction of sp³-hybridized carbons (Fsp3) is 0.882. The highest BCUT2D eigenvalue weighted by molar-refractivity contribution is 5.75. The molecule has 2 N–H and O–H groups in total. The predicted molar refractivity (Wildman–Crippen MR) is 80.2 cm³/mol. The summed E-state index contributed by atoms with van der Waals surface area (Å²) in [5, 5.41) is 19.0. The van der Waals surface area contributed by atoms with Gasteiger partial charge in [-0.05, 0) is 38.5 Å². The molecule has 0 heterocycles. The van der Waals surface area contributed by atoms with Gasteiger partial charge in [-0.3, -0.25) is 9.59 Å². The summed E-state index contributed by atoms with van der Waals surface area (Å²) in [6.45, 7) is 0. The molecule has 2 aliphatic carbocycles. The van der Waals surface area contributed by atoms with Crippen molar-refractivity contribution in [1.29, 1.82) is 0 Å². The topological polar surface area (TPSA) is 74.6 Å². The van der Waals surface area contributed by atoms with Gasteiger partial charge in [-0.15, -0.1) is 0 Å². The number of unbranched alkanes of at least 4 members (excludes halogenated alkanes) is 1. The first kappa shape index (κ1) is 16.3. The van der Waals surface area contributed by atoms with Crippen LogP contribution in [-0.4, -0.2) is 22.2 Å². The summed E-state index contributed by atoms with van der Waals surface area (Å²) >= 11 is 0. The Morgan fingerprint density at radius 2 is 1.00 bits per heavy atom. The maximum absolute atomic E-state index is 11.6. The molecule has 0 radical (unpaired) electrons. The number of carboxylic acid groups (broad SMARTS) is 2. The number of aliphatic carboxylic acids is 2. The lowest BCUT2D eigenvalue weighted by molar-refractivity contribution is -0.152. The molecule has 4 nitrogen and oxygen atoms in total. The van der Waals surface area contributed by atoms with E-state index in [-0.39, 0.29) is 0 Å². The van der Waals surface area contributed by atoms with Crippen LogP contribution >= 0.6 is 0 Å². The first-order chi connectivity index (χ1) is 10.0. The lowest BCUT2D eigenvalue weighted by atomic mass is 9.70. The van der Waals surface area contributed by atoms with Gasteiger partial charge in [-0.25, -0.2) is 0 Å². The molecule has 120 valence electrons. The van der Waals surface area contributed by atoms with E-state index in [0.717, 1.165) is 83.5 Å². The van der Waals surface area contributed by atoms with Gasteiger partial charge in [0, 0.05) is 0 Å². The van der Waals surface area contributed by atoms with Crippen LogP contribution in [0.3, 0.4) is 0 Å². The van der Waals surface area contributed by atoms with Crippen LogP contribution < -0.4 is 0 Å². The highest BCUT2D eigenvalue weighted by atomic mass is 16.4. The van der Waals surface area contributed by atoms with Crippen molar-refractivity contribution in [1.82, 2.24) is 0 Å². The number of carbonyl (C=O) groups is 2. The highest BCUT2D eigenvalue weighted by Crippen LogP contribution is 2.44. The Morgan fingerprint density at radius 1 is 0.667 bits per heavy atom. The third-order valence-electron chi connectivity index (χ3n) is 5.84. The minimum absolute atomic E-state index is 0.511. The van der Waals surface area contributed by atoms with Crippen LogP contribution in [0.15, 0.2) is 0 Å². The van der Waals surface area contributed by atoms with Crippen molar-refractivity contribution in [3.8, 4) is 0 Å². The van der Waals surface area contributed by atoms with Gasteiger partial charge in [0.15, 0.2) is 0 Å². The smallest absolute Gasteiger partial charge is 0.309 e. The Morgan fingerprint density at radius 3 is 1.33 bits per heavy atom. The Hall–Kier alpha value is -1.06. The van der Waals surface area contributed by atoms with E-state index in [1.807, 2.05) is 0 Å². The molecule has 0 atom stereocenters. The van der Waals surface area contributed by atoms with Gasteiger partial charge in [-0.1, -0.05) is 44.9 Å². The Kier molecular flexibility index (Phi) is 5.28. The number of rotatable bonds is 7. The molecule has 0 aromatic rings. The lowest BCUT2D eigenvalue weighted by Gasteiger charge is -2.33. The molecule has 0 unspecified atom stereocenters. The molecule has 0 aromatic heterocycles. The van der Waals surface area contributed by atoms with Crippen molar-refractivity contribution >= 4 is 11.9 Å². The van der Waals surface area contributed by atoms with Crippen LogP contribution in [0.4, 0.5) is 0 Å². The summed E-state index contributed by atoms with van der Waals surface area (Å²) in [4.78, 5) is 23.1. The molecular formula is C17H28O4. The van der Waals surface area contributed by atoms with Crippen LogP contribution in [0.5, 0.6) is 0 Å². The molecular weight excluding hydrogens is 268 g/mol. The van der Waals surface area contributed by atoms with Crippen molar-refractivity contribution in [2.24, 2.45) is 10.8 Å². The van der Waals surface area contributed by atoms with E-state index in [0.29, 0.717) is 0 Å². The van der Waals surface area contributed by atoms with Gasteiger partial charge in [0.25, 0.3) is 0 Å². The number of hydrogen-bond donors (Lipinski definition) is 2. The first-order valence-corrected chi connectivity index (χ1v) is 8.48. The number of hydrogen-bond acceptors (Lipinski definition) is 2. The standard InChI is InChI=1S/C17H28O4/c18-14(19)16(8-2-1-3-9-16)10-4-5-11-17(15(20)21)12-6-7-13-17/h1-13H2,(H,18,19)(H,20,21). The average Bonchev–Trinajstić information content (AvgIpc) is 2.95. The molecule has 0 aromatic carbocycles. The van der Waals surface area contributed by atoms with E-state index >= 15 is 0 Å². The third kappa shape index (κ3) is 3.58. The van der Waals surface area contributed by atoms with E-state index in [1.165, 1.54) is 0 Å². The largest absolute Gasteiger partial charge is 0.481 e. The Bertz CT molecular complexity index is 376. The van der Waals surface area contributed by atoms with Crippen LogP contribution in [-0.2, 0) is 9.59 Å². The summed E-state index contributed by atoms with van der Waals surface area (Å²) in [5.41, 5.74) is -1.03. The lowest BCUT2D eigenvalue weighted by Crippen LogP contribution is -2.33. The van der Waals surface area contributed by atoms with Gasteiger partial charge in [-0.2, -0.15) is 0 Å². The highest BCUT2D eigenvalue weighted by Gasteiger charge is 2.42. The van der Waals surface area contributed by atoms with Gasteiger partial charge in [0.1, 0.15) is 0 Å². The van der Waals surface area contributed by atoms with Gasteiger partial charge < -0.3 is 10.2 Å². The molecule has 21 heavy (non-hydrogen) atoms. The average molecular weight is 296 g/mol. The molecule has 2 rings (SSSR count). The molecule has 2 fully saturated rings. The zero-order chi connectivity index (χ0) is 15.3. The summed E-state index contributed by atoms with van der Waals surface area (Å²) in [7, 11) is 0. The maximum atomic E-state index is 11.6. The van der Waals surface area contributed by atoms with Gasteiger partial charge in [0.05, 0.1) is 10.8 Å². The fourth-order valence-corrected chi connectivity index (χ4v) is 4.35. The van der Waals surface area contributed by atoms with Crippen molar-refractivity contribution in [3.63, 3.8) is 0 Å². The summed E-state index contributed by atoms with van der Waals surface area (Å²) in [6.07, 6.45) is 11.6.